The Morgan fingerprint density at radius 1 is 1.33 bits per heavy atom. The molecule has 0 aromatic heterocycles. The molecule has 0 saturated carbocycles. The molecule has 0 atom stereocenters. The predicted octanol–water partition coefficient (Wildman–Crippen LogP) is 3.49. The van der Waals surface area contributed by atoms with Crippen LogP contribution in [-0.4, -0.2) is 0 Å². The van der Waals surface area contributed by atoms with E-state index in [1.807, 2.05) is 19.1 Å². The van der Waals surface area contributed by atoms with Gasteiger partial charge in [0.2, 0.25) is 0 Å². The molecule has 0 unspecified atom stereocenters. The Hall–Kier alpha value is -1.22. The average molecular weight is 239 g/mol. The largest absolute Gasteiger partial charge is 0.198 e. The zero-order valence-electron chi connectivity index (χ0n) is 8.14. The molecule has 0 aliphatic rings. The Morgan fingerprint density at radius 3 is 2.47 bits per heavy atom. The van der Waals surface area contributed by atoms with E-state index < -0.39 is 0 Å². The van der Waals surface area contributed by atoms with Crippen molar-refractivity contribution >= 4 is 23.2 Å². The zero-order chi connectivity index (χ0) is 11.4. The van der Waals surface area contributed by atoms with Gasteiger partial charge in [-0.25, -0.2) is 0 Å². The topological polar surface area (TPSA) is 47.6 Å². The fourth-order valence-corrected chi connectivity index (χ4v) is 2.03. The number of benzene rings is 1. The molecule has 0 fully saturated rings. The number of hydrogen-bond acceptors (Lipinski definition) is 2. The first kappa shape index (κ1) is 11.9. The van der Waals surface area contributed by atoms with E-state index >= 15 is 0 Å². The molecule has 0 radical (unpaired) electrons. The van der Waals surface area contributed by atoms with E-state index in [9.17, 15) is 0 Å². The molecule has 0 saturated heterocycles. The third kappa shape index (κ3) is 2.23. The molecule has 0 N–H and O–H groups in total. The standard InChI is InChI=1S/C11H8Cl2N2/c1-2-8-9(6-15)11(13)7(3-4-14)5-10(8)12/h5H,2-3H2,1H3. The van der Waals surface area contributed by atoms with Crippen LogP contribution in [0, 0.1) is 22.7 Å². The van der Waals surface area contributed by atoms with E-state index in [2.05, 4.69) is 0 Å². The normalized spacial score (nSPS) is 9.40. The van der Waals surface area contributed by atoms with E-state index in [4.69, 9.17) is 33.7 Å². The Kier molecular flexibility index (Phi) is 3.97. The van der Waals surface area contributed by atoms with Crippen LogP contribution >= 0.6 is 23.2 Å². The van der Waals surface area contributed by atoms with E-state index in [-0.39, 0.29) is 6.42 Å². The van der Waals surface area contributed by atoms with Crippen LogP contribution in [0.3, 0.4) is 0 Å². The predicted molar refractivity (Wildman–Crippen MR) is 59.9 cm³/mol. The number of hydrogen-bond donors (Lipinski definition) is 0. The molecule has 1 aromatic carbocycles. The molecule has 15 heavy (non-hydrogen) atoms. The molecule has 0 heterocycles. The van der Waals surface area contributed by atoms with E-state index in [1.165, 1.54) is 0 Å². The third-order valence-electron chi connectivity index (χ3n) is 2.13. The van der Waals surface area contributed by atoms with Crippen molar-refractivity contribution in [3.05, 3.63) is 32.8 Å². The van der Waals surface area contributed by atoms with Crippen LogP contribution in [0.15, 0.2) is 6.07 Å². The number of halogens is 2. The van der Waals surface area contributed by atoms with Crippen molar-refractivity contribution in [1.82, 2.24) is 0 Å². The summed E-state index contributed by atoms with van der Waals surface area (Å²) in [6, 6.07) is 5.68. The van der Waals surface area contributed by atoms with Crippen molar-refractivity contribution in [2.75, 3.05) is 0 Å². The SMILES string of the molecule is CCc1c(Cl)cc(CC#N)c(Cl)c1C#N. The van der Waals surface area contributed by atoms with Crippen molar-refractivity contribution in [2.24, 2.45) is 0 Å². The minimum absolute atomic E-state index is 0.164. The lowest BCUT2D eigenvalue weighted by molar-refractivity contribution is 1.11. The zero-order valence-corrected chi connectivity index (χ0v) is 9.65. The van der Waals surface area contributed by atoms with Gasteiger partial charge in [0.15, 0.2) is 0 Å². The molecule has 0 aliphatic heterocycles. The number of nitriles is 2. The van der Waals surface area contributed by atoms with Gasteiger partial charge < -0.3 is 0 Å². The minimum atomic E-state index is 0.164. The molecule has 0 bridgehead atoms. The maximum Gasteiger partial charge on any atom is 0.101 e. The Morgan fingerprint density at radius 2 is 2.00 bits per heavy atom. The molecule has 76 valence electrons. The lowest BCUT2D eigenvalue weighted by Gasteiger charge is -2.09. The van der Waals surface area contributed by atoms with Crippen LogP contribution in [0.2, 0.25) is 10.0 Å². The Balaban J connectivity index is 3.47. The fourth-order valence-electron chi connectivity index (χ4n) is 1.39. The summed E-state index contributed by atoms with van der Waals surface area (Å²) in [5.74, 6) is 0. The smallest absolute Gasteiger partial charge is 0.101 e. The van der Waals surface area contributed by atoms with Crippen molar-refractivity contribution < 1.29 is 0 Å². The highest BCUT2D eigenvalue weighted by Gasteiger charge is 2.14. The van der Waals surface area contributed by atoms with Gasteiger partial charge in [-0.05, 0) is 23.6 Å². The maximum absolute atomic E-state index is 8.97. The number of nitrogens with zero attached hydrogens (tertiary/aromatic N) is 2. The summed E-state index contributed by atoms with van der Waals surface area (Å²) in [6.45, 7) is 1.91. The lowest BCUT2D eigenvalue weighted by Crippen LogP contribution is -1.95. The highest BCUT2D eigenvalue weighted by atomic mass is 35.5. The maximum atomic E-state index is 8.97. The molecule has 1 aromatic rings. The second kappa shape index (κ2) is 5.03. The van der Waals surface area contributed by atoms with E-state index in [0.29, 0.717) is 27.6 Å². The Bertz CT molecular complexity index is 467. The van der Waals surface area contributed by atoms with Crippen LogP contribution in [0.4, 0.5) is 0 Å². The first-order valence-corrected chi connectivity index (χ1v) is 5.18. The molecule has 4 heteroatoms. The molecule has 0 spiro atoms. The van der Waals surface area contributed by atoms with Gasteiger partial charge in [-0.1, -0.05) is 30.1 Å². The highest BCUT2D eigenvalue weighted by molar-refractivity contribution is 6.35. The summed E-state index contributed by atoms with van der Waals surface area (Å²) in [7, 11) is 0. The molecule has 0 aliphatic carbocycles. The van der Waals surface area contributed by atoms with Gasteiger partial charge in [0.1, 0.15) is 6.07 Å². The highest BCUT2D eigenvalue weighted by Crippen LogP contribution is 2.31. The van der Waals surface area contributed by atoms with Crippen molar-refractivity contribution in [2.45, 2.75) is 19.8 Å². The summed E-state index contributed by atoms with van der Waals surface area (Å²) < 4.78 is 0. The van der Waals surface area contributed by atoms with Gasteiger partial charge in [0.25, 0.3) is 0 Å². The van der Waals surface area contributed by atoms with Crippen molar-refractivity contribution in [1.29, 1.82) is 10.5 Å². The average Bonchev–Trinajstić information content (AvgIpc) is 2.22. The fraction of sp³-hybridized carbons (Fsp3) is 0.273. The van der Waals surface area contributed by atoms with Crippen LogP contribution in [0.1, 0.15) is 23.6 Å². The summed E-state index contributed by atoms with van der Waals surface area (Å²) in [5.41, 5.74) is 1.74. The second-order valence-corrected chi connectivity index (χ2v) is 3.77. The third-order valence-corrected chi connectivity index (χ3v) is 2.90. The van der Waals surface area contributed by atoms with Gasteiger partial charge >= 0.3 is 0 Å². The first-order valence-electron chi connectivity index (χ1n) is 4.42. The minimum Gasteiger partial charge on any atom is -0.198 e. The van der Waals surface area contributed by atoms with E-state index in [0.717, 1.165) is 5.56 Å². The molecule has 1 rings (SSSR count). The lowest BCUT2D eigenvalue weighted by atomic mass is 10.0. The molecular weight excluding hydrogens is 231 g/mol. The number of rotatable bonds is 2. The summed E-state index contributed by atoms with van der Waals surface area (Å²) in [5, 5.41) is 18.4. The molecule has 2 nitrogen and oxygen atoms in total. The van der Waals surface area contributed by atoms with Crippen LogP contribution in [0.5, 0.6) is 0 Å². The van der Waals surface area contributed by atoms with Crippen molar-refractivity contribution in [3.63, 3.8) is 0 Å². The summed E-state index contributed by atoms with van der Waals surface area (Å²) in [6.07, 6.45) is 0.811. The van der Waals surface area contributed by atoms with Crippen LogP contribution < -0.4 is 0 Å². The monoisotopic (exact) mass is 238 g/mol. The van der Waals surface area contributed by atoms with E-state index in [1.54, 1.807) is 6.07 Å². The second-order valence-electron chi connectivity index (χ2n) is 2.99. The Labute approximate surface area is 98.6 Å². The molecule has 0 amide bonds. The molecular formula is C11H8Cl2N2. The van der Waals surface area contributed by atoms with Gasteiger partial charge in [-0.15, -0.1) is 0 Å². The summed E-state index contributed by atoms with van der Waals surface area (Å²) in [4.78, 5) is 0. The van der Waals surface area contributed by atoms with Crippen LogP contribution in [-0.2, 0) is 12.8 Å². The first-order chi connectivity index (χ1) is 7.15. The van der Waals surface area contributed by atoms with Gasteiger partial charge in [-0.2, -0.15) is 10.5 Å². The van der Waals surface area contributed by atoms with Gasteiger partial charge in [-0.3, -0.25) is 0 Å². The quantitative estimate of drug-likeness (QED) is 0.792. The van der Waals surface area contributed by atoms with Crippen molar-refractivity contribution in [3.8, 4) is 12.1 Å². The van der Waals surface area contributed by atoms with Crippen LogP contribution in [0.25, 0.3) is 0 Å². The van der Waals surface area contributed by atoms with Gasteiger partial charge in [0, 0.05) is 5.02 Å². The summed E-state index contributed by atoms with van der Waals surface area (Å²) >= 11 is 12.0. The van der Waals surface area contributed by atoms with Gasteiger partial charge in [0.05, 0.1) is 23.1 Å².